The van der Waals surface area contributed by atoms with Gasteiger partial charge in [0, 0.05) is 0 Å². The number of rotatable bonds is 0. The third-order valence-corrected chi connectivity index (χ3v) is 31.9. The minimum Gasteiger partial charge on any atom is -0.207 e. The van der Waals surface area contributed by atoms with Crippen molar-refractivity contribution in [1.29, 1.82) is 0 Å². The molecule has 0 aliphatic carbocycles. The van der Waals surface area contributed by atoms with Gasteiger partial charge in [0.2, 0.25) is 0 Å². The van der Waals surface area contributed by atoms with E-state index >= 15 is 0 Å². The molecule has 0 heterocycles. The normalized spacial score (nSPS) is 11.2. The van der Waals surface area contributed by atoms with E-state index in [1.165, 1.54) is 33.4 Å². The van der Waals surface area contributed by atoms with E-state index in [1.54, 1.807) is 0 Å². The molecule has 0 fully saturated rings. The Labute approximate surface area is 190 Å². The van der Waals surface area contributed by atoms with Crippen LogP contribution >= 0.6 is 17.2 Å². The third kappa shape index (κ3) is 10.4. The van der Waals surface area contributed by atoms with Crippen molar-refractivity contribution in [2.75, 3.05) is 0 Å². The summed E-state index contributed by atoms with van der Waals surface area (Å²) in [7, 11) is 11.3. The topological polar surface area (TPSA) is 0 Å². The Bertz CT molecular complexity index is 706. The molecule has 4 heteroatoms. The van der Waals surface area contributed by atoms with E-state index < -0.39 is 17.7 Å². The summed E-state index contributed by atoms with van der Waals surface area (Å²) in [6.07, 6.45) is 0. The first kappa shape index (κ1) is 28.4. The molecule has 0 saturated carbocycles. The summed E-state index contributed by atoms with van der Waals surface area (Å²) in [6, 6.07) is 9.08. The molecule has 0 spiro atoms. The van der Waals surface area contributed by atoms with Crippen molar-refractivity contribution in [2.45, 2.75) is 93.2 Å². The van der Waals surface area contributed by atoms with Crippen molar-refractivity contribution in [2.24, 2.45) is 0 Å². The molecular weight excluding hydrogens is 566 g/mol. The molecular formula is C24H40Cl2HfSi-2. The van der Waals surface area contributed by atoms with E-state index in [1.807, 2.05) is 0 Å². The minimum absolute atomic E-state index is 0.208. The fourth-order valence-corrected chi connectivity index (χ4v) is 3.22. The van der Waals surface area contributed by atoms with Crippen molar-refractivity contribution in [1.82, 2.24) is 0 Å². The Morgan fingerprint density at radius 1 is 0.714 bits per heavy atom. The summed E-state index contributed by atoms with van der Waals surface area (Å²) >= 11 is -1.78. The number of hydrogen-bond acceptors (Lipinski definition) is 0. The molecule has 2 rings (SSSR count). The maximum atomic E-state index is 5.64. The average molecular weight is 606 g/mol. The monoisotopic (exact) mass is 606 g/mol. The van der Waals surface area contributed by atoms with Crippen molar-refractivity contribution in [3.63, 3.8) is 0 Å². The molecule has 0 radical (unpaired) electrons. The van der Waals surface area contributed by atoms with Crippen molar-refractivity contribution < 1.29 is 17.7 Å². The second-order valence-electron chi connectivity index (χ2n) is 10.0. The van der Waals surface area contributed by atoms with Crippen LogP contribution < -0.4 is 0 Å². The zero-order valence-electron chi connectivity index (χ0n) is 20.1. The van der Waals surface area contributed by atoms with Crippen LogP contribution in [-0.2, 0) is 28.5 Å². The number of hydrogen-bond donors (Lipinski definition) is 0. The third-order valence-electron chi connectivity index (χ3n) is 4.48. The second kappa shape index (κ2) is 11.7. The fraction of sp³-hybridized carbons (Fsp3) is 0.583. The van der Waals surface area contributed by atoms with Crippen LogP contribution in [0, 0.1) is 27.7 Å². The zero-order valence-corrected chi connectivity index (χ0v) is 26.2. The van der Waals surface area contributed by atoms with Gasteiger partial charge in [-0.3, -0.25) is 0 Å². The first-order valence-electron chi connectivity index (χ1n) is 9.94. The molecule has 0 N–H and O–H groups in total. The first-order chi connectivity index (χ1) is 12.5. The summed E-state index contributed by atoms with van der Waals surface area (Å²) in [5, 5.41) is 0. The van der Waals surface area contributed by atoms with Crippen LogP contribution in [0.15, 0.2) is 24.3 Å². The van der Waals surface area contributed by atoms with Gasteiger partial charge >= 0.3 is 53.4 Å². The largest absolute Gasteiger partial charge is 0.207 e. The van der Waals surface area contributed by atoms with Gasteiger partial charge in [0.25, 0.3) is 0 Å². The van der Waals surface area contributed by atoms with Gasteiger partial charge in [0.1, 0.15) is 0 Å². The van der Waals surface area contributed by atoms with E-state index in [2.05, 4.69) is 107 Å². The predicted octanol–water partition coefficient (Wildman–Crippen LogP) is 8.80. The van der Waals surface area contributed by atoms with Crippen molar-refractivity contribution in [3.8, 4) is 0 Å². The Morgan fingerprint density at radius 3 is 1.04 bits per heavy atom. The van der Waals surface area contributed by atoms with Crippen LogP contribution in [0.2, 0.25) is 13.1 Å². The van der Waals surface area contributed by atoms with E-state index in [0.29, 0.717) is 10.8 Å². The molecule has 2 aromatic carbocycles. The predicted molar refractivity (Wildman–Crippen MR) is 130 cm³/mol. The molecule has 160 valence electrons. The number of aryl methyl sites for hydroxylation is 4. The second-order valence-corrected chi connectivity index (χ2v) is 41.7. The number of halogens is 2. The van der Waals surface area contributed by atoms with Crippen molar-refractivity contribution >= 4 is 22.6 Å². The molecule has 0 aliphatic heterocycles. The SMILES string of the molecule is C[Si](C)=[Hf]([Cl])[Cl].Cc1cc(C(C)(C)C)c(C)[cH-]1.Cc1cc(C(C)(C)C)c(C)[cH-]1. The smallest absolute Gasteiger partial charge is 0.0632 e. The minimum atomic E-state index is -1.78. The molecule has 0 atom stereocenters. The molecule has 0 nitrogen and oxygen atoms in total. The van der Waals surface area contributed by atoms with Gasteiger partial charge in [0.15, 0.2) is 0 Å². The van der Waals surface area contributed by atoms with Gasteiger partial charge in [-0.05, 0) is 0 Å². The Morgan fingerprint density at radius 2 is 0.964 bits per heavy atom. The van der Waals surface area contributed by atoms with E-state index in [4.69, 9.17) is 17.2 Å². The van der Waals surface area contributed by atoms with Crippen LogP contribution in [0.25, 0.3) is 0 Å². The quantitative estimate of drug-likeness (QED) is 0.208. The standard InChI is InChI=1S/2C11H17.C2H6Si.2ClH.Hf/c2*1-8-6-9(2)10(7-8)11(3,4)5;1-3-2;;;/h2*6-7H,1-5H3;1-2H3;2*1H;/q2*-1;;;;+2/p-2. The summed E-state index contributed by atoms with van der Waals surface area (Å²) in [5.74, 6) is 0. The summed E-state index contributed by atoms with van der Waals surface area (Å²) in [4.78, 5) is 0. The van der Waals surface area contributed by atoms with E-state index in [0.717, 1.165) is 0 Å². The molecule has 0 saturated heterocycles. The Balaban J connectivity index is 0.000000411. The van der Waals surface area contributed by atoms with Gasteiger partial charge in [0.05, 0.1) is 0 Å². The van der Waals surface area contributed by atoms with Crippen LogP contribution in [0.5, 0.6) is 0 Å². The molecule has 28 heavy (non-hydrogen) atoms. The Hall–Kier alpha value is 0.367. The van der Waals surface area contributed by atoms with Crippen LogP contribution in [0.1, 0.15) is 74.9 Å². The summed E-state index contributed by atoms with van der Waals surface area (Å²) in [5.41, 5.74) is 8.98. The fourth-order valence-electron chi connectivity index (χ4n) is 3.22. The Kier molecular flexibility index (Phi) is 11.8. The summed E-state index contributed by atoms with van der Waals surface area (Å²) in [6.45, 7) is 26.6. The van der Waals surface area contributed by atoms with Gasteiger partial charge in [-0.1, -0.05) is 80.1 Å². The summed E-state index contributed by atoms with van der Waals surface area (Å²) < 4.78 is 0. The van der Waals surface area contributed by atoms with E-state index in [-0.39, 0.29) is 5.49 Å². The molecule has 0 amide bonds. The maximum Gasteiger partial charge on any atom is -0.0632 e. The maximum absolute atomic E-state index is 5.64. The van der Waals surface area contributed by atoms with E-state index in [9.17, 15) is 0 Å². The van der Waals surface area contributed by atoms with Crippen LogP contribution in [0.3, 0.4) is 0 Å². The van der Waals surface area contributed by atoms with Gasteiger partial charge < -0.3 is 0 Å². The molecule has 0 aromatic heterocycles. The van der Waals surface area contributed by atoms with Crippen LogP contribution in [0.4, 0.5) is 0 Å². The van der Waals surface area contributed by atoms with Crippen molar-refractivity contribution in [3.05, 3.63) is 57.6 Å². The average Bonchev–Trinajstić information content (AvgIpc) is 3.00. The van der Waals surface area contributed by atoms with Gasteiger partial charge in [-0.2, -0.15) is 45.5 Å². The molecule has 0 aliphatic rings. The van der Waals surface area contributed by atoms with Gasteiger partial charge in [-0.25, -0.2) is 12.1 Å². The first-order valence-corrected chi connectivity index (χ1v) is 26.7. The molecule has 2 aromatic rings. The molecule has 0 bridgehead atoms. The zero-order chi connectivity index (χ0) is 22.4. The molecule has 0 unspecified atom stereocenters. The van der Waals surface area contributed by atoms with Crippen LogP contribution in [-0.4, -0.2) is 5.49 Å². The van der Waals surface area contributed by atoms with Gasteiger partial charge in [-0.15, -0.1) is 0 Å².